The van der Waals surface area contributed by atoms with Crippen LogP contribution < -0.4 is 5.32 Å². The lowest BCUT2D eigenvalue weighted by Gasteiger charge is -2.22. The van der Waals surface area contributed by atoms with Crippen LogP contribution in [0.25, 0.3) is 0 Å². The predicted molar refractivity (Wildman–Crippen MR) is 112 cm³/mol. The van der Waals surface area contributed by atoms with Crippen molar-refractivity contribution in [3.8, 4) is 0 Å². The van der Waals surface area contributed by atoms with E-state index in [1.807, 2.05) is 57.2 Å². The van der Waals surface area contributed by atoms with Crippen LogP contribution in [0.3, 0.4) is 0 Å². The maximum Gasteiger partial charge on any atom is 0.329 e. The van der Waals surface area contributed by atoms with Crippen molar-refractivity contribution in [3.05, 3.63) is 70.8 Å². The molecule has 4 nitrogen and oxygen atoms in total. The third kappa shape index (κ3) is 5.95. The average Bonchev–Trinajstić information content (AvgIpc) is 2.63. The second-order valence-corrected chi connectivity index (χ2v) is 8.62. The molecule has 0 unspecified atom stereocenters. The van der Waals surface area contributed by atoms with Crippen LogP contribution >= 0.6 is 0 Å². The number of amides is 1. The number of rotatable bonds is 6. The van der Waals surface area contributed by atoms with Crippen molar-refractivity contribution in [2.45, 2.75) is 59.6 Å². The van der Waals surface area contributed by atoms with E-state index in [2.05, 4.69) is 26.1 Å². The number of carbonyl (C=O) groups is 2. The van der Waals surface area contributed by atoms with Crippen molar-refractivity contribution in [1.82, 2.24) is 5.32 Å². The molecule has 28 heavy (non-hydrogen) atoms. The molecule has 0 aliphatic rings. The summed E-state index contributed by atoms with van der Waals surface area (Å²) in [6.07, 6.45) is 0. The molecule has 0 spiro atoms. The van der Waals surface area contributed by atoms with Crippen molar-refractivity contribution < 1.29 is 14.3 Å². The highest BCUT2D eigenvalue weighted by Crippen LogP contribution is 2.22. The van der Waals surface area contributed by atoms with Gasteiger partial charge in [0.25, 0.3) is 5.91 Å². The summed E-state index contributed by atoms with van der Waals surface area (Å²) in [5.74, 6) is -0.773. The summed E-state index contributed by atoms with van der Waals surface area (Å²) in [6.45, 7) is 12.3. The number of ether oxygens (including phenoxy) is 1. The Labute approximate surface area is 168 Å². The molecule has 0 aromatic heterocycles. The van der Waals surface area contributed by atoms with Gasteiger partial charge in [-0.3, -0.25) is 4.79 Å². The molecule has 0 radical (unpaired) electrons. The molecule has 0 fully saturated rings. The van der Waals surface area contributed by atoms with Gasteiger partial charge in [0.15, 0.2) is 0 Å². The van der Waals surface area contributed by atoms with E-state index in [-0.39, 0.29) is 23.8 Å². The van der Waals surface area contributed by atoms with Gasteiger partial charge in [-0.1, -0.05) is 76.6 Å². The van der Waals surface area contributed by atoms with Gasteiger partial charge in [-0.05, 0) is 41.5 Å². The van der Waals surface area contributed by atoms with Gasteiger partial charge >= 0.3 is 5.97 Å². The maximum atomic E-state index is 12.6. The highest BCUT2D eigenvalue weighted by atomic mass is 16.5. The van der Waals surface area contributed by atoms with Crippen molar-refractivity contribution in [2.75, 3.05) is 0 Å². The van der Waals surface area contributed by atoms with Crippen LogP contribution in [0.15, 0.2) is 48.5 Å². The van der Waals surface area contributed by atoms with Gasteiger partial charge in [-0.25, -0.2) is 4.79 Å². The average molecular weight is 382 g/mol. The molecule has 0 heterocycles. The SMILES string of the molecule is Cc1cccc(COC(=O)[C@@H](NC(=O)c2ccc(C(C)(C)C)cc2)C(C)C)c1. The fourth-order valence-corrected chi connectivity index (χ4v) is 2.89. The van der Waals surface area contributed by atoms with E-state index in [4.69, 9.17) is 4.74 Å². The van der Waals surface area contributed by atoms with Crippen molar-refractivity contribution >= 4 is 11.9 Å². The number of esters is 1. The summed E-state index contributed by atoms with van der Waals surface area (Å²) in [4.78, 5) is 25.2. The summed E-state index contributed by atoms with van der Waals surface area (Å²) in [7, 11) is 0. The molecule has 0 bridgehead atoms. The molecular weight excluding hydrogens is 350 g/mol. The Morgan fingerprint density at radius 2 is 1.68 bits per heavy atom. The Hall–Kier alpha value is -2.62. The first-order valence-corrected chi connectivity index (χ1v) is 9.71. The van der Waals surface area contributed by atoms with E-state index < -0.39 is 12.0 Å². The number of carbonyl (C=O) groups excluding carboxylic acids is 2. The first kappa shape index (κ1) is 21.7. The molecule has 4 heteroatoms. The van der Waals surface area contributed by atoms with E-state index >= 15 is 0 Å². The van der Waals surface area contributed by atoms with E-state index in [0.717, 1.165) is 16.7 Å². The topological polar surface area (TPSA) is 55.4 Å². The fourth-order valence-electron chi connectivity index (χ4n) is 2.89. The number of hydrogen-bond donors (Lipinski definition) is 1. The second kappa shape index (κ2) is 9.05. The second-order valence-electron chi connectivity index (χ2n) is 8.62. The highest BCUT2D eigenvalue weighted by molar-refractivity contribution is 5.96. The van der Waals surface area contributed by atoms with Crippen LogP contribution in [-0.2, 0) is 21.6 Å². The monoisotopic (exact) mass is 381 g/mol. The van der Waals surface area contributed by atoms with Gasteiger partial charge in [-0.15, -0.1) is 0 Å². The molecule has 0 saturated heterocycles. The van der Waals surface area contributed by atoms with E-state index in [1.165, 1.54) is 0 Å². The smallest absolute Gasteiger partial charge is 0.329 e. The molecule has 0 saturated carbocycles. The van der Waals surface area contributed by atoms with Gasteiger partial charge in [0.05, 0.1) is 0 Å². The van der Waals surface area contributed by atoms with E-state index in [9.17, 15) is 9.59 Å². The Morgan fingerprint density at radius 1 is 1.04 bits per heavy atom. The maximum absolute atomic E-state index is 12.6. The summed E-state index contributed by atoms with van der Waals surface area (Å²) < 4.78 is 5.45. The number of nitrogens with one attached hydrogen (secondary N) is 1. The Balaban J connectivity index is 2.03. The quantitative estimate of drug-likeness (QED) is 0.732. The van der Waals surface area contributed by atoms with Gasteiger partial charge in [0, 0.05) is 5.56 Å². The van der Waals surface area contributed by atoms with Crippen LogP contribution in [0.1, 0.15) is 61.7 Å². The van der Waals surface area contributed by atoms with Crippen LogP contribution in [0.2, 0.25) is 0 Å². The van der Waals surface area contributed by atoms with Gasteiger partial charge in [0.2, 0.25) is 0 Å². The Kier molecular flexibility index (Phi) is 7.00. The zero-order chi connectivity index (χ0) is 20.9. The zero-order valence-corrected chi connectivity index (χ0v) is 17.7. The normalized spacial score (nSPS) is 12.5. The lowest BCUT2D eigenvalue weighted by Crippen LogP contribution is -2.45. The zero-order valence-electron chi connectivity index (χ0n) is 17.7. The van der Waals surface area contributed by atoms with Crippen molar-refractivity contribution in [1.29, 1.82) is 0 Å². The largest absolute Gasteiger partial charge is 0.459 e. The minimum Gasteiger partial charge on any atom is -0.459 e. The molecule has 2 rings (SSSR count). The molecule has 0 aliphatic carbocycles. The number of aryl methyl sites for hydroxylation is 1. The van der Waals surface area contributed by atoms with Crippen LogP contribution in [0.5, 0.6) is 0 Å². The number of hydrogen-bond acceptors (Lipinski definition) is 3. The van der Waals surface area contributed by atoms with Crippen LogP contribution in [-0.4, -0.2) is 17.9 Å². The minimum atomic E-state index is -0.695. The lowest BCUT2D eigenvalue weighted by atomic mass is 9.86. The third-order valence-corrected chi connectivity index (χ3v) is 4.68. The summed E-state index contributed by atoms with van der Waals surface area (Å²) in [5.41, 5.74) is 3.75. The third-order valence-electron chi connectivity index (χ3n) is 4.68. The molecule has 150 valence electrons. The standard InChI is InChI=1S/C24H31NO3/c1-16(2)21(23(27)28-15-18-9-7-8-17(3)14-18)25-22(26)19-10-12-20(13-11-19)24(4,5)6/h7-14,16,21H,15H2,1-6H3,(H,25,26)/t21-/m0/s1. The Bertz CT molecular complexity index is 816. The van der Waals surface area contributed by atoms with E-state index in [0.29, 0.717) is 5.56 Å². The van der Waals surface area contributed by atoms with Gasteiger partial charge in [-0.2, -0.15) is 0 Å². The van der Waals surface area contributed by atoms with Crippen molar-refractivity contribution in [2.24, 2.45) is 5.92 Å². The Morgan fingerprint density at radius 3 is 2.21 bits per heavy atom. The van der Waals surface area contributed by atoms with Gasteiger partial charge < -0.3 is 10.1 Å². The molecular formula is C24H31NO3. The summed E-state index contributed by atoms with van der Waals surface area (Å²) in [6, 6.07) is 14.6. The van der Waals surface area contributed by atoms with Crippen LogP contribution in [0, 0.1) is 12.8 Å². The lowest BCUT2D eigenvalue weighted by molar-refractivity contribution is -0.148. The minimum absolute atomic E-state index is 0.0229. The number of benzene rings is 2. The molecule has 2 aromatic carbocycles. The first-order valence-electron chi connectivity index (χ1n) is 9.71. The fraction of sp³-hybridized carbons (Fsp3) is 0.417. The van der Waals surface area contributed by atoms with Gasteiger partial charge in [0.1, 0.15) is 12.6 Å². The molecule has 2 aromatic rings. The molecule has 1 N–H and O–H groups in total. The van der Waals surface area contributed by atoms with Crippen LogP contribution in [0.4, 0.5) is 0 Å². The highest BCUT2D eigenvalue weighted by Gasteiger charge is 2.26. The first-order chi connectivity index (χ1) is 13.1. The molecule has 0 aliphatic heterocycles. The predicted octanol–water partition coefficient (Wildman–Crippen LogP) is 4.79. The summed E-state index contributed by atoms with van der Waals surface area (Å²) in [5, 5.41) is 2.82. The molecule has 1 amide bonds. The molecule has 1 atom stereocenters. The van der Waals surface area contributed by atoms with Crippen molar-refractivity contribution in [3.63, 3.8) is 0 Å². The summed E-state index contributed by atoms with van der Waals surface area (Å²) >= 11 is 0. The van der Waals surface area contributed by atoms with E-state index in [1.54, 1.807) is 12.1 Å².